The van der Waals surface area contributed by atoms with Crippen molar-refractivity contribution in [2.75, 3.05) is 14.7 Å². The van der Waals surface area contributed by atoms with Gasteiger partial charge in [0, 0.05) is 50.6 Å². The lowest BCUT2D eigenvalue weighted by atomic mass is 9.33. The molecule has 306 valence electrons. The zero-order chi connectivity index (χ0) is 41.8. The van der Waals surface area contributed by atoms with Crippen molar-refractivity contribution in [3.63, 3.8) is 0 Å². The Balaban J connectivity index is 1.24. The van der Waals surface area contributed by atoms with Crippen molar-refractivity contribution in [3.05, 3.63) is 155 Å². The molecule has 2 fully saturated rings. The molecule has 4 heterocycles. The van der Waals surface area contributed by atoms with Gasteiger partial charge in [-0.2, -0.15) is 0 Å². The van der Waals surface area contributed by atoms with E-state index in [4.69, 9.17) is 0 Å². The van der Waals surface area contributed by atoms with Crippen LogP contribution in [0.5, 0.6) is 0 Å². The fraction of sp³-hybridized carbons (Fsp3) is 0.368. The van der Waals surface area contributed by atoms with Crippen LogP contribution in [-0.2, 0) is 16.2 Å². The number of anilines is 7. The van der Waals surface area contributed by atoms with E-state index < -0.39 is 0 Å². The van der Waals surface area contributed by atoms with Gasteiger partial charge >= 0.3 is 0 Å². The minimum absolute atomic E-state index is 0.0157. The molecular formula is C57H60BN3. The van der Waals surface area contributed by atoms with Gasteiger partial charge in [0.2, 0.25) is 0 Å². The molecule has 6 aromatic carbocycles. The van der Waals surface area contributed by atoms with E-state index in [2.05, 4.69) is 191 Å². The van der Waals surface area contributed by atoms with Crippen molar-refractivity contribution in [2.24, 2.45) is 0 Å². The number of para-hydroxylation sites is 1. The van der Waals surface area contributed by atoms with Crippen LogP contribution in [0, 0.1) is 13.8 Å². The van der Waals surface area contributed by atoms with Crippen LogP contribution in [0.2, 0.25) is 0 Å². The Kier molecular flexibility index (Phi) is 7.67. The van der Waals surface area contributed by atoms with Gasteiger partial charge in [-0.05, 0) is 134 Å². The Bertz CT molecular complexity index is 2800. The Morgan fingerprint density at radius 3 is 1.97 bits per heavy atom. The van der Waals surface area contributed by atoms with Crippen LogP contribution in [0.3, 0.4) is 0 Å². The van der Waals surface area contributed by atoms with Gasteiger partial charge in [0.25, 0.3) is 6.71 Å². The van der Waals surface area contributed by atoms with Crippen LogP contribution in [0.15, 0.2) is 121 Å². The predicted molar refractivity (Wildman–Crippen MR) is 259 cm³/mol. The molecule has 4 aliphatic heterocycles. The van der Waals surface area contributed by atoms with Gasteiger partial charge in [0.05, 0.1) is 11.1 Å². The first kappa shape index (κ1) is 37.5. The summed E-state index contributed by atoms with van der Waals surface area (Å²) in [6.07, 6.45) is 9.70. The maximum absolute atomic E-state index is 2.95. The van der Waals surface area contributed by atoms with Crippen LogP contribution in [-0.4, -0.2) is 17.8 Å². The molecule has 3 nitrogen and oxygen atoms in total. The Labute approximate surface area is 364 Å². The Hall–Kier alpha value is -5.22. The van der Waals surface area contributed by atoms with E-state index in [0.29, 0.717) is 0 Å². The molecule has 0 aromatic heterocycles. The van der Waals surface area contributed by atoms with Crippen LogP contribution >= 0.6 is 0 Å². The minimum atomic E-state index is -0.175. The summed E-state index contributed by atoms with van der Waals surface area (Å²) in [5.41, 5.74) is 22.1. The topological polar surface area (TPSA) is 9.72 Å². The second-order valence-corrected chi connectivity index (χ2v) is 21.5. The molecule has 4 heteroatoms. The second kappa shape index (κ2) is 12.5. The van der Waals surface area contributed by atoms with E-state index in [9.17, 15) is 0 Å². The van der Waals surface area contributed by atoms with Crippen LogP contribution in [0.4, 0.5) is 39.8 Å². The summed E-state index contributed by atoms with van der Waals surface area (Å²) in [7, 11) is 0. The van der Waals surface area contributed by atoms with Gasteiger partial charge in [-0.15, -0.1) is 0 Å². The van der Waals surface area contributed by atoms with Crippen LogP contribution in [0.25, 0.3) is 0 Å². The fourth-order valence-electron chi connectivity index (χ4n) is 14.1. The highest BCUT2D eigenvalue weighted by Crippen LogP contribution is 2.66. The minimum Gasteiger partial charge on any atom is -0.335 e. The standard InChI is InChI=1S/C57H60BN3/c1-37-22-25-41(26-23-37)59-48-27-24-38(2)32-45(48)58-46-34-40(53(3,4)5)33-44-52(46)61(56(8)30-16-17-31-57(44,56)39-18-10-9-11-19-39)50-36-42(35-49(59)51(50)58)60-47-21-13-12-20-43(47)54(6)28-14-15-29-55(54,60)7/h9-13,18-27,32-36H,14-17,28-31H2,1-8H3. The predicted octanol–water partition coefficient (Wildman–Crippen LogP) is 12.7. The molecule has 61 heavy (non-hydrogen) atoms. The lowest BCUT2D eigenvalue weighted by molar-refractivity contribution is 0.195. The molecule has 0 N–H and O–H groups in total. The molecule has 12 rings (SSSR count). The highest BCUT2D eigenvalue weighted by atomic mass is 15.3. The van der Waals surface area contributed by atoms with E-state index in [1.54, 1.807) is 5.56 Å². The molecule has 2 aliphatic carbocycles. The number of benzene rings is 6. The van der Waals surface area contributed by atoms with Gasteiger partial charge < -0.3 is 14.7 Å². The average Bonchev–Trinajstić information content (AvgIpc) is 3.62. The number of hydrogen-bond donors (Lipinski definition) is 0. The van der Waals surface area contributed by atoms with E-state index in [-0.39, 0.29) is 34.0 Å². The average molecular weight is 798 g/mol. The van der Waals surface area contributed by atoms with Crippen molar-refractivity contribution in [1.29, 1.82) is 0 Å². The molecule has 6 aliphatic rings. The van der Waals surface area contributed by atoms with Crippen molar-refractivity contribution in [1.82, 2.24) is 0 Å². The highest BCUT2D eigenvalue weighted by Gasteiger charge is 2.65. The maximum atomic E-state index is 2.95. The summed E-state index contributed by atoms with van der Waals surface area (Å²) >= 11 is 0. The third-order valence-electron chi connectivity index (χ3n) is 17.3. The van der Waals surface area contributed by atoms with Gasteiger partial charge in [-0.25, -0.2) is 0 Å². The second-order valence-electron chi connectivity index (χ2n) is 21.5. The number of fused-ring (bicyclic) bond motifs is 10. The van der Waals surface area contributed by atoms with Gasteiger partial charge in [-0.3, -0.25) is 0 Å². The van der Waals surface area contributed by atoms with Crippen LogP contribution < -0.4 is 31.1 Å². The van der Waals surface area contributed by atoms with Crippen molar-refractivity contribution in [2.45, 2.75) is 134 Å². The number of rotatable bonds is 3. The highest BCUT2D eigenvalue weighted by molar-refractivity contribution is 7.00. The molecule has 0 amide bonds. The van der Waals surface area contributed by atoms with Crippen molar-refractivity contribution < 1.29 is 0 Å². The van der Waals surface area contributed by atoms with E-state index in [1.807, 2.05) is 0 Å². The molecule has 0 bridgehead atoms. The molecule has 4 unspecified atom stereocenters. The summed E-state index contributed by atoms with van der Waals surface area (Å²) in [4.78, 5) is 8.42. The molecule has 0 spiro atoms. The largest absolute Gasteiger partial charge is 0.335 e. The van der Waals surface area contributed by atoms with E-state index in [0.717, 1.165) is 12.8 Å². The monoisotopic (exact) mass is 797 g/mol. The summed E-state index contributed by atoms with van der Waals surface area (Å²) in [6.45, 7) is 19.7. The van der Waals surface area contributed by atoms with Gasteiger partial charge in [-0.1, -0.05) is 149 Å². The van der Waals surface area contributed by atoms with Crippen LogP contribution in [0.1, 0.15) is 126 Å². The smallest absolute Gasteiger partial charge is 0.252 e. The number of aryl methyl sites for hydroxylation is 2. The molecule has 0 saturated heterocycles. The molecule has 4 atom stereocenters. The maximum Gasteiger partial charge on any atom is 0.252 e. The van der Waals surface area contributed by atoms with E-state index in [1.165, 1.54) is 123 Å². The number of nitrogens with zero attached hydrogens (tertiary/aromatic N) is 3. The van der Waals surface area contributed by atoms with E-state index >= 15 is 0 Å². The first-order valence-electron chi connectivity index (χ1n) is 23.4. The molecule has 0 radical (unpaired) electrons. The van der Waals surface area contributed by atoms with Gasteiger partial charge in [0.1, 0.15) is 0 Å². The summed E-state index contributed by atoms with van der Waals surface area (Å²) in [6, 6.07) is 48.4. The zero-order valence-corrected chi connectivity index (χ0v) is 37.6. The van der Waals surface area contributed by atoms with Gasteiger partial charge in [0.15, 0.2) is 0 Å². The summed E-state index contributed by atoms with van der Waals surface area (Å²) in [5.74, 6) is 0. The Morgan fingerprint density at radius 2 is 1.20 bits per heavy atom. The van der Waals surface area contributed by atoms with Crippen molar-refractivity contribution in [3.8, 4) is 0 Å². The lowest BCUT2D eigenvalue weighted by Gasteiger charge is -2.54. The number of hydrogen-bond acceptors (Lipinski definition) is 3. The SMILES string of the molecule is Cc1ccc(N2c3ccc(C)cc3B3c4cc(C(C)(C)C)cc5c4N(c4cc(N6c7ccccc7C7(C)CCCCC67C)cc2c43)C2(C)CCCCC52c2ccccc2)cc1. The zero-order valence-electron chi connectivity index (χ0n) is 37.6. The summed E-state index contributed by atoms with van der Waals surface area (Å²) in [5, 5.41) is 0. The third kappa shape index (κ3) is 4.67. The Morgan fingerprint density at radius 1 is 0.525 bits per heavy atom. The van der Waals surface area contributed by atoms with Crippen molar-refractivity contribution >= 4 is 62.9 Å². The summed E-state index contributed by atoms with van der Waals surface area (Å²) < 4.78 is 0. The quantitative estimate of drug-likeness (QED) is 0.165. The normalized spacial score (nSPS) is 26.6. The molecule has 6 aromatic rings. The fourth-order valence-corrected chi connectivity index (χ4v) is 14.1. The third-order valence-corrected chi connectivity index (χ3v) is 17.3. The first-order chi connectivity index (χ1) is 29.3. The lowest BCUT2D eigenvalue weighted by Crippen LogP contribution is -2.65. The molecular weight excluding hydrogens is 737 g/mol. The molecule has 2 saturated carbocycles. The first-order valence-corrected chi connectivity index (χ1v) is 23.4.